The lowest BCUT2D eigenvalue weighted by Crippen LogP contribution is -2.19. The van der Waals surface area contributed by atoms with Gasteiger partial charge in [-0.1, -0.05) is 49.4 Å². The maximum Gasteiger partial charge on any atom is 0.252 e. The van der Waals surface area contributed by atoms with Crippen LogP contribution in [-0.4, -0.2) is 30.4 Å². The number of rotatable bonds is 7. The average Bonchev–Trinajstić information content (AvgIpc) is 3.02. The Balaban J connectivity index is 1.91. The van der Waals surface area contributed by atoms with Gasteiger partial charge < -0.3 is 9.30 Å². The van der Waals surface area contributed by atoms with Gasteiger partial charge in [-0.25, -0.2) is 0 Å². The molecule has 0 saturated carbocycles. The van der Waals surface area contributed by atoms with Gasteiger partial charge in [0.15, 0.2) is 4.80 Å². The number of nitrogens with zero attached hydrogens (tertiary/aromatic N) is 2. The fourth-order valence-corrected chi connectivity index (χ4v) is 4.63. The van der Waals surface area contributed by atoms with Gasteiger partial charge in [0.2, 0.25) is 0 Å². The van der Waals surface area contributed by atoms with Crippen LogP contribution >= 0.6 is 23.1 Å². The van der Waals surface area contributed by atoms with Crippen molar-refractivity contribution in [2.45, 2.75) is 37.6 Å². The lowest BCUT2D eigenvalue weighted by Gasteiger charge is -2.06. The van der Waals surface area contributed by atoms with Crippen LogP contribution in [0.1, 0.15) is 30.9 Å². The molecule has 1 aromatic heterocycles. The van der Waals surface area contributed by atoms with E-state index in [9.17, 15) is 4.79 Å². The molecule has 148 valence electrons. The Morgan fingerprint density at radius 3 is 2.61 bits per heavy atom. The van der Waals surface area contributed by atoms with Crippen molar-refractivity contribution in [3.63, 3.8) is 0 Å². The average molecular weight is 415 g/mol. The highest BCUT2D eigenvalue weighted by molar-refractivity contribution is 7.98. The predicted octanol–water partition coefficient (Wildman–Crippen LogP) is 4.86. The lowest BCUT2D eigenvalue weighted by molar-refractivity contribution is -0.117. The van der Waals surface area contributed by atoms with E-state index in [-0.39, 0.29) is 5.91 Å². The first kappa shape index (κ1) is 20.8. The molecule has 0 fully saturated rings. The molecule has 0 bridgehead atoms. The number of hydrogen-bond donors (Lipinski definition) is 0. The van der Waals surface area contributed by atoms with E-state index in [1.54, 1.807) is 30.2 Å². The van der Waals surface area contributed by atoms with Crippen molar-refractivity contribution in [1.82, 2.24) is 4.57 Å². The molecule has 2 aromatic carbocycles. The van der Waals surface area contributed by atoms with E-state index in [0.29, 0.717) is 25.5 Å². The van der Waals surface area contributed by atoms with Gasteiger partial charge in [0, 0.05) is 18.6 Å². The summed E-state index contributed by atoms with van der Waals surface area (Å²) in [6.45, 7) is 5.58. The molecule has 3 aromatic rings. The van der Waals surface area contributed by atoms with Gasteiger partial charge in [-0.3, -0.25) is 4.79 Å². The normalized spacial score (nSPS) is 12.2. The summed E-state index contributed by atoms with van der Waals surface area (Å²) in [6.07, 6.45) is 2.38. The molecule has 6 heteroatoms. The molecular weight excluding hydrogens is 388 g/mol. The number of methoxy groups -OCH3 is 1. The summed E-state index contributed by atoms with van der Waals surface area (Å²) in [7, 11) is 1.68. The Labute approximate surface area is 174 Å². The van der Waals surface area contributed by atoms with E-state index < -0.39 is 0 Å². The van der Waals surface area contributed by atoms with Crippen molar-refractivity contribution in [3.8, 4) is 0 Å². The molecule has 0 spiro atoms. The molecule has 28 heavy (non-hydrogen) atoms. The van der Waals surface area contributed by atoms with E-state index in [2.05, 4.69) is 60.0 Å². The quantitative estimate of drug-likeness (QED) is 0.518. The third-order valence-corrected chi connectivity index (χ3v) is 6.40. The van der Waals surface area contributed by atoms with Gasteiger partial charge >= 0.3 is 0 Å². The minimum Gasteiger partial charge on any atom is -0.383 e. The summed E-state index contributed by atoms with van der Waals surface area (Å²) in [6, 6.07) is 14.6. The molecule has 1 heterocycles. The van der Waals surface area contributed by atoms with Crippen LogP contribution in [0.25, 0.3) is 10.2 Å². The molecular formula is C22H26N2O2S2. The van der Waals surface area contributed by atoms with Gasteiger partial charge in [0.25, 0.3) is 5.91 Å². The fraction of sp³-hybridized carbons (Fsp3) is 0.364. The predicted molar refractivity (Wildman–Crippen MR) is 118 cm³/mol. The van der Waals surface area contributed by atoms with Crippen LogP contribution < -0.4 is 4.80 Å². The van der Waals surface area contributed by atoms with E-state index in [0.717, 1.165) is 20.6 Å². The third kappa shape index (κ3) is 4.93. The smallest absolute Gasteiger partial charge is 0.252 e. The van der Waals surface area contributed by atoms with Crippen molar-refractivity contribution >= 4 is 39.2 Å². The Bertz CT molecular complexity index is 1020. The monoisotopic (exact) mass is 414 g/mol. The van der Waals surface area contributed by atoms with Gasteiger partial charge in [-0.05, 0) is 41.5 Å². The van der Waals surface area contributed by atoms with Crippen LogP contribution in [0.5, 0.6) is 0 Å². The SMILES string of the molecule is COCCn1c(=NC(=O)Cc2ccc(C(C)C)cc2)sc2cc(SC)ccc21. The maximum absolute atomic E-state index is 12.6. The van der Waals surface area contributed by atoms with Crippen LogP contribution in [0.4, 0.5) is 0 Å². The second kappa shape index (κ2) is 9.54. The highest BCUT2D eigenvalue weighted by Crippen LogP contribution is 2.24. The van der Waals surface area contributed by atoms with Crippen molar-refractivity contribution in [2.24, 2.45) is 4.99 Å². The first-order valence-electron chi connectivity index (χ1n) is 9.34. The zero-order valence-electron chi connectivity index (χ0n) is 16.8. The summed E-state index contributed by atoms with van der Waals surface area (Å²) in [5, 5.41) is 0. The zero-order chi connectivity index (χ0) is 20.1. The number of hydrogen-bond acceptors (Lipinski definition) is 4. The standard InChI is InChI=1S/C22H26N2O2S2/c1-15(2)17-7-5-16(6-8-17)13-21(25)23-22-24(11-12-26-3)19-10-9-18(27-4)14-20(19)28-22/h5-10,14-15H,11-13H2,1-4H3. The Hall–Kier alpha value is -1.89. The van der Waals surface area contributed by atoms with Gasteiger partial charge in [0.05, 0.1) is 23.2 Å². The first-order chi connectivity index (χ1) is 13.5. The number of thiazole rings is 1. The molecule has 0 aliphatic carbocycles. The van der Waals surface area contributed by atoms with Crippen LogP contribution in [0, 0.1) is 0 Å². The highest BCUT2D eigenvalue weighted by Gasteiger charge is 2.10. The number of carbonyl (C=O) groups excluding carboxylic acids is 1. The van der Waals surface area contributed by atoms with Crippen molar-refractivity contribution < 1.29 is 9.53 Å². The second-order valence-electron chi connectivity index (χ2n) is 6.94. The van der Waals surface area contributed by atoms with E-state index >= 15 is 0 Å². The highest BCUT2D eigenvalue weighted by atomic mass is 32.2. The summed E-state index contributed by atoms with van der Waals surface area (Å²) >= 11 is 3.27. The summed E-state index contributed by atoms with van der Waals surface area (Å²) in [5.74, 6) is 0.360. The van der Waals surface area contributed by atoms with Gasteiger partial charge in [-0.15, -0.1) is 11.8 Å². The van der Waals surface area contributed by atoms with Gasteiger partial charge in [0.1, 0.15) is 0 Å². The van der Waals surface area contributed by atoms with Crippen LogP contribution in [0.15, 0.2) is 52.4 Å². The van der Waals surface area contributed by atoms with Crippen LogP contribution in [0.2, 0.25) is 0 Å². The van der Waals surface area contributed by atoms with Crippen LogP contribution in [-0.2, 0) is 22.5 Å². The van der Waals surface area contributed by atoms with Crippen molar-refractivity contribution in [3.05, 3.63) is 58.4 Å². The first-order valence-corrected chi connectivity index (χ1v) is 11.4. The molecule has 0 saturated heterocycles. The summed E-state index contributed by atoms with van der Waals surface area (Å²) in [4.78, 5) is 19.0. The fourth-order valence-electron chi connectivity index (χ4n) is 3.01. The number of aromatic nitrogens is 1. The molecule has 0 atom stereocenters. The minimum absolute atomic E-state index is 0.125. The molecule has 1 amide bonds. The number of carbonyl (C=O) groups is 1. The summed E-state index contributed by atoms with van der Waals surface area (Å²) in [5.41, 5.74) is 3.36. The van der Waals surface area contributed by atoms with Crippen molar-refractivity contribution in [1.29, 1.82) is 0 Å². The number of thioether (sulfide) groups is 1. The maximum atomic E-state index is 12.6. The Morgan fingerprint density at radius 1 is 1.21 bits per heavy atom. The molecule has 0 N–H and O–H groups in total. The minimum atomic E-state index is -0.125. The van der Waals surface area contributed by atoms with E-state index in [1.165, 1.54) is 10.5 Å². The lowest BCUT2D eigenvalue weighted by atomic mass is 10.0. The van der Waals surface area contributed by atoms with Crippen molar-refractivity contribution in [2.75, 3.05) is 20.0 Å². The molecule has 4 nitrogen and oxygen atoms in total. The number of amides is 1. The molecule has 0 aliphatic rings. The second-order valence-corrected chi connectivity index (χ2v) is 8.83. The van der Waals surface area contributed by atoms with Gasteiger partial charge in [-0.2, -0.15) is 4.99 Å². The largest absolute Gasteiger partial charge is 0.383 e. The Morgan fingerprint density at radius 2 is 1.96 bits per heavy atom. The third-order valence-electron chi connectivity index (χ3n) is 4.63. The number of fused-ring (bicyclic) bond motifs is 1. The molecule has 3 rings (SSSR count). The Kier molecular flexibility index (Phi) is 7.10. The molecule has 0 unspecified atom stereocenters. The van der Waals surface area contributed by atoms with E-state index in [4.69, 9.17) is 4.74 Å². The number of benzene rings is 2. The summed E-state index contributed by atoms with van der Waals surface area (Å²) < 4.78 is 8.46. The number of ether oxygens (including phenoxy) is 1. The van der Waals surface area contributed by atoms with E-state index in [1.807, 2.05) is 12.1 Å². The molecule has 0 aliphatic heterocycles. The topological polar surface area (TPSA) is 43.6 Å². The zero-order valence-corrected chi connectivity index (χ0v) is 18.4. The van der Waals surface area contributed by atoms with Crippen LogP contribution in [0.3, 0.4) is 0 Å². The molecule has 0 radical (unpaired) electrons.